The van der Waals surface area contributed by atoms with E-state index in [1.165, 1.54) is 0 Å². The van der Waals surface area contributed by atoms with Gasteiger partial charge in [-0.2, -0.15) is 0 Å². The third kappa shape index (κ3) is 9.49. The zero-order valence-corrected chi connectivity index (χ0v) is 9.73. The highest BCUT2D eigenvalue weighted by atomic mass is 35.5. The molecule has 13 heavy (non-hydrogen) atoms. The molecule has 6 heteroatoms. The molecule has 1 heterocycles. The van der Waals surface area contributed by atoms with E-state index in [2.05, 4.69) is 22.4 Å². The van der Waals surface area contributed by atoms with Gasteiger partial charge < -0.3 is 10.6 Å². The van der Waals surface area contributed by atoms with Crippen molar-refractivity contribution < 1.29 is 4.84 Å². The predicted octanol–water partition coefficient (Wildman–Crippen LogP) is 1.80. The van der Waals surface area contributed by atoms with E-state index in [1.807, 2.05) is 13.8 Å². The molecule has 0 radical (unpaired) electrons. The average Bonchev–Trinajstić information content (AvgIpc) is 2.35. The van der Waals surface area contributed by atoms with Gasteiger partial charge in [0.15, 0.2) is 0 Å². The van der Waals surface area contributed by atoms with Gasteiger partial charge in [0.2, 0.25) is 0 Å². The molecule has 0 saturated heterocycles. The first kappa shape index (κ1) is 15.1. The predicted molar refractivity (Wildman–Crippen MR) is 61.8 cm³/mol. The van der Waals surface area contributed by atoms with Crippen LogP contribution >= 0.6 is 25.2 Å². The Balaban J connectivity index is 0. The van der Waals surface area contributed by atoms with E-state index in [0.29, 0.717) is 5.84 Å². The number of hydrogen-bond acceptors (Lipinski definition) is 4. The van der Waals surface area contributed by atoms with Crippen LogP contribution < -0.4 is 5.73 Å². The van der Waals surface area contributed by atoms with Gasteiger partial charge in [-0.3, -0.25) is 0 Å². The summed E-state index contributed by atoms with van der Waals surface area (Å²) >= 11 is 3.48. The summed E-state index contributed by atoms with van der Waals surface area (Å²) in [5, 5.41) is 3.61. The highest BCUT2D eigenvalue weighted by Crippen LogP contribution is 2.17. The highest BCUT2D eigenvalue weighted by Gasteiger charge is 2.21. The number of hydrogen-bond donors (Lipinski definition) is 2. The second-order valence-electron chi connectivity index (χ2n) is 3.08. The summed E-state index contributed by atoms with van der Waals surface area (Å²) in [4.78, 5) is 4.91. The second kappa shape index (κ2) is 7.03. The van der Waals surface area contributed by atoms with E-state index in [0.717, 1.165) is 6.42 Å². The van der Waals surface area contributed by atoms with Gasteiger partial charge in [-0.15, -0.1) is 12.4 Å². The monoisotopic (exact) mass is 225 g/mol. The molecule has 2 N–H and O–H groups in total. The van der Waals surface area contributed by atoms with Crippen molar-refractivity contribution in [3.05, 3.63) is 0 Å². The quantitative estimate of drug-likeness (QED) is 0.375. The van der Waals surface area contributed by atoms with Crippen LogP contribution in [0.3, 0.4) is 0 Å². The molecule has 0 aromatic heterocycles. The SMILES string of the molecule is C/C(N)=N/S.CC1(C)CC=NO1.Cl. The molecule has 4 nitrogen and oxygen atoms in total. The molecule has 1 aliphatic rings. The summed E-state index contributed by atoms with van der Waals surface area (Å²) in [7, 11) is 0. The maximum atomic E-state index is 4.97. The topological polar surface area (TPSA) is 60.0 Å². The van der Waals surface area contributed by atoms with E-state index in [4.69, 9.17) is 10.6 Å². The van der Waals surface area contributed by atoms with Gasteiger partial charge >= 0.3 is 0 Å². The van der Waals surface area contributed by atoms with Crippen LogP contribution in [0.15, 0.2) is 9.55 Å². The summed E-state index contributed by atoms with van der Waals surface area (Å²) in [6, 6.07) is 0. The summed E-state index contributed by atoms with van der Waals surface area (Å²) < 4.78 is 3.28. The van der Waals surface area contributed by atoms with Crippen molar-refractivity contribution in [1.29, 1.82) is 0 Å². The Morgan fingerprint density at radius 2 is 2.15 bits per heavy atom. The number of rotatable bonds is 0. The molecular weight excluding hydrogens is 210 g/mol. The zero-order valence-electron chi connectivity index (χ0n) is 8.02. The van der Waals surface area contributed by atoms with Crippen molar-refractivity contribution in [2.75, 3.05) is 0 Å². The Bertz CT molecular complexity index is 180. The molecule has 0 amide bonds. The van der Waals surface area contributed by atoms with E-state index in [1.54, 1.807) is 13.1 Å². The lowest BCUT2D eigenvalue weighted by molar-refractivity contribution is 0.0123. The van der Waals surface area contributed by atoms with Gasteiger partial charge in [0.1, 0.15) is 11.4 Å². The van der Waals surface area contributed by atoms with Crippen molar-refractivity contribution in [2.24, 2.45) is 15.3 Å². The number of nitrogens with zero attached hydrogens (tertiary/aromatic N) is 2. The van der Waals surface area contributed by atoms with Crippen molar-refractivity contribution in [2.45, 2.75) is 32.8 Å². The number of thiol groups is 1. The minimum absolute atomic E-state index is 0. The zero-order chi connectivity index (χ0) is 9.61. The van der Waals surface area contributed by atoms with Gasteiger partial charge in [0.25, 0.3) is 0 Å². The Kier molecular flexibility index (Phi) is 8.15. The van der Waals surface area contributed by atoms with Crippen LogP contribution in [0.25, 0.3) is 0 Å². The highest BCUT2D eigenvalue weighted by molar-refractivity contribution is 7.79. The van der Waals surface area contributed by atoms with Crippen LogP contribution in [0.2, 0.25) is 0 Å². The Labute approximate surface area is 90.6 Å². The molecule has 0 aromatic rings. The molecular formula is C7H16ClN3OS. The first-order valence-corrected chi connectivity index (χ1v) is 4.02. The Morgan fingerprint density at radius 1 is 1.69 bits per heavy atom. The standard InChI is InChI=1S/C5H9NO.C2H6N2S.ClH/c1-5(2)3-4-6-7-5;1-2(3)4-5;/h4H,3H2,1-2H3;5H,1H3,(H2,3,4);1H. The Morgan fingerprint density at radius 3 is 2.23 bits per heavy atom. The minimum atomic E-state index is -0.0278. The van der Waals surface area contributed by atoms with Crippen LogP contribution in [0.1, 0.15) is 27.2 Å². The van der Waals surface area contributed by atoms with Crippen molar-refractivity contribution in [3.8, 4) is 0 Å². The van der Waals surface area contributed by atoms with Crippen LogP contribution in [-0.2, 0) is 4.84 Å². The molecule has 0 aliphatic carbocycles. The number of nitrogens with two attached hydrogens (primary N) is 1. The largest absolute Gasteiger partial charge is 0.390 e. The lowest BCUT2D eigenvalue weighted by Crippen LogP contribution is -2.16. The van der Waals surface area contributed by atoms with E-state index in [9.17, 15) is 0 Å². The van der Waals surface area contributed by atoms with E-state index >= 15 is 0 Å². The first-order valence-electron chi connectivity index (χ1n) is 3.62. The van der Waals surface area contributed by atoms with E-state index < -0.39 is 0 Å². The van der Waals surface area contributed by atoms with Gasteiger partial charge in [-0.1, -0.05) is 5.16 Å². The maximum absolute atomic E-state index is 4.97. The van der Waals surface area contributed by atoms with Crippen LogP contribution in [-0.4, -0.2) is 17.7 Å². The van der Waals surface area contributed by atoms with Crippen molar-refractivity contribution >= 4 is 37.3 Å². The molecule has 0 spiro atoms. The van der Waals surface area contributed by atoms with Crippen LogP contribution in [0, 0.1) is 0 Å². The third-order valence-electron chi connectivity index (χ3n) is 1.11. The number of halogens is 1. The maximum Gasteiger partial charge on any atom is 0.137 e. The van der Waals surface area contributed by atoms with Crippen molar-refractivity contribution in [1.82, 2.24) is 0 Å². The average molecular weight is 226 g/mol. The fourth-order valence-corrected chi connectivity index (χ4v) is 0.474. The fraction of sp³-hybridized carbons (Fsp3) is 0.714. The van der Waals surface area contributed by atoms with Crippen LogP contribution in [0.5, 0.6) is 0 Å². The molecule has 0 atom stereocenters. The lowest BCUT2D eigenvalue weighted by atomic mass is 10.1. The summed E-state index contributed by atoms with van der Waals surface area (Å²) in [5.41, 5.74) is 4.94. The lowest BCUT2D eigenvalue weighted by Gasteiger charge is -2.12. The Hall–Kier alpha value is -0.420. The van der Waals surface area contributed by atoms with Gasteiger partial charge in [0.05, 0.1) is 0 Å². The first-order chi connectivity index (χ1) is 5.48. The van der Waals surface area contributed by atoms with Crippen LogP contribution in [0.4, 0.5) is 0 Å². The molecule has 78 valence electrons. The fourth-order valence-electron chi connectivity index (χ4n) is 0.474. The molecule has 0 unspecified atom stereocenters. The molecule has 0 bridgehead atoms. The third-order valence-corrected chi connectivity index (χ3v) is 1.43. The van der Waals surface area contributed by atoms with Gasteiger partial charge in [-0.05, 0) is 33.6 Å². The smallest absolute Gasteiger partial charge is 0.137 e. The molecule has 0 aromatic carbocycles. The molecule has 1 rings (SSSR count). The molecule has 1 aliphatic heterocycles. The van der Waals surface area contributed by atoms with Gasteiger partial charge in [-0.25, -0.2) is 4.40 Å². The van der Waals surface area contributed by atoms with Crippen molar-refractivity contribution in [3.63, 3.8) is 0 Å². The second-order valence-corrected chi connectivity index (χ2v) is 3.28. The minimum Gasteiger partial charge on any atom is -0.390 e. The molecule has 0 saturated carbocycles. The van der Waals surface area contributed by atoms with Gasteiger partial charge in [0, 0.05) is 12.6 Å². The normalized spacial score (nSPS) is 18.0. The number of amidine groups is 1. The summed E-state index contributed by atoms with van der Waals surface area (Å²) in [6.45, 7) is 5.70. The summed E-state index contributed by atoms with van der Waals surface area (Å²) in [6.07, 6.45) is 2.73. The van der Waals surface area contributed by atoms with E-state index in [-0.39, 0.29) is 18.0 Å². The number of oxime groups is 1. The molecule has 0 fully saturated rings. The summed E-state index contributed by atoms with van der Waals surface area (Å²) in [5.74, 6) is 0.494.